The van der Waals surface area contributed by atoms with Crippen molar-refractivity contribution in [1.29, 1.82) is 0 Å². The molecular weight excluding hydrogens is 333 g/mol. The van der Waals surface area contributed by atoms with E-state index in [9.17, 15) is 0 Å². The van der Waals surface area contributed by atoms with Gasteiger partial charge in [0.15, 0.2) is 0 Å². The normalized spacial score (nSPS) is 20.1. The van der Waals surface area contributed by atoms with E-state index in [0.717, 1.165) is 77.3 Å². The number of aromatic nitrogens is 1. The van der Waals surface area contributed by atoms with Crippen LogP contribution in [-0.4, -0.2) is 62.2 Å². The first-order valence-corrected chi connectivity index (χ1v) is 9.16. The second-order valence-electron chi connectivity index (χ2n) is 5.85. The largest absolute Gasteiger partial charge is 0.315 e. The van der Waals surface area contributed by atoms with Crippen LogP contribution in [0.4, 0.5) is 0 Å². The summed E-state index contributed by atoms with van der Waals surface area (Å²) in [5, 5.41) is 11.4. The summed E-state index contributed by atoms with van der Waals surface area (Å²) in [5.41, 5.74) is 1.12. The highest BCUT2D eigenvalue weighted by Crippen LogP contribution is 2.16. The van der Waals surface area contributed by atoms with Gasteiger partial charge in [-0.1, -0.05) is 23.2 Å². The lowest BCUT2D eigenvalue weighted by atomic mass is 10.2. The molecule has 1 aromatic heterocycles. The highest BCUT2D eigenvalue weighted by molar-refractivity contribution is 6.32. The van der Waals surface area contributed by atoms with Crippen molar-refractivity contribution in [2.45, 2.75) is 19.4 Å². The van der Waals surface area contributed by atoms with Crippen LogP contribution in [0.3, 0.4) is 0 Å². The van der Waals surface area contributed by atoms with Gasteiger partial charge in [0.1, 0.15) is 10.3 Å². The fraction of sp³-hybridized carbons (Fsp3) is 0.688. The summed E-state index contributed by atoms with van der Waals surface area (Å²) in [4.78, 5) is 6.46. The summed E-state index contributed by atoms with van der Waals surface area (Å²) < 4.78 is 0. The summed E-state index contributed by atoms with van der Waals surface area (Å²) in [6.45, 7) is 9.17. The average Bonchev–Trinajstić information content (AvgIpc) is 2.50. The van der Waals surface area contributed by atoms with Gasteiger partial charge >= 0.3 is 0 Å². The Morgan fingerprint density at radius 3 is 2.13 bits per heavy atom. The van der Waals surface area contributed by atoms with Gasteiger partial charge in [-0.3, -0.25) is 4.90 Å². The van der Waals surface area contributed by atoms with Gasteiger partial charge in [-0.15, -0.1) is 0 Å². The van der Waals surface area contributed by atoms with Crippen LogP contribution >= 0.6 is 23.2 Å². The minimum absolute atomic E-state index is 0.460. The molecule has 1 saturated heterocycles. The smallest absolute Gasteiger partial charge is 0.131 e. The second-order valence-corrected chi connectivity index (χ2v) is 6.63. The third-order valence-corrected chi connectivity index (χ3v) is 4.23. The van der Waals surface area contributed by atoms with Crippen molar-refractivity contribution in [1.82, 2.24) is 25.8 Å². The summed E-state index contributed by atoms with van der Waals surface area (Å²) in [5.74, 6) is 0. The van der Waals surface area contributed by atoms with Crippen molar-refractivity contribution >= 4 is 23.2 Å². The van der Waals surface area contributed by atoms with E-state index in [4.69, 9.17) is 23.2 Å². The van der Waals surface area contributed by atoms with E-state index < -0.39 is 0 Å². The highest BCUT2D eigenvalue weighted by Gasteiger charge is 2.08. The predicted molar refractivity (Wildman–Crippen MR) is 97.4 cm³/mol. The van der Waals surface area contributed by atoms with Crippen LogP contribution in [0.25, 0.3) is 0 Å². The molecular formula is C16H27Cl2N5. The lowest BCUT2D eigenvalue weighted by molar-refractivity contribution is 0.260. The number of pyridine rings is 1. The molecule has 2 heterocycles. The van der Waals surface area contributed by atoms with Gasteiger partial charge in [0.2, 0.25) is 0 Å². The van der Waals surface area contributed by atoms with Crippen molar-refractivity contribution in [2.75, 3.05) is 52.4 Å². The Bertz CT molecular complexity index is 424. The van der Waals surface area contributed by atoms with Crippen LogP contribution < -0.4 is 16.0 Å². The molecule has 1 aliphatic rings. The molecule has 0 radical (unpaired) electrons. The van der Waals surface area contributed by atoms with E-state index in [1.165, 1.54) is 0 Å². The van der Waals surface area contributed by atoms with Crippen LogP contribution in [0.15, 0.2) is 12.1 Å². The first kappa shape index (κ1) is 18.9. The Labute approximate surface area is 149 Å². The van der Waals surface area contributed by atoms with E-state index in [2.05, 4.69) is 25.8 Å². The number of hydrogen-bond donors (Lipinski definition) is 3. The molecule has 7 heteroatoms. The van der Waals surface area contributed by atoms with Gasteiger partial charge < -0.3 is 16.0 Å². The topological polar surface area (TPSA) is 52.2 Å². The Morgan fingerprint density at radius 2 is 1.43 bits per heavy atom. The molecule has 0 unspecified atom stereocenters. The van der Waals surface area contributed by atoms with Crippen LogP contribution in [0.5, 0.6) is 0 Å². The zero-order valence-corrected chi connectivity index (χ0v) is 15.1. The molecule has 3 N–H and O–H groups in total. The zero-order chi connectivity index (χ0) is 16.3. The lowest BCUT2D eigenvalue weighted by Crippen LogP contribution is -2.36. The van der Waals surface area contributed by atoms with E-state index >= 15 is 0 Å². The fourth-order valence-corrected chi connectivity index (χ4v) is 3.19. The maximum Gasteiger partial charge on any atom is 0.131 e. The van der Waals surface area contributed by atoms with Gasteiger partial charge in [-0.05, 0) is 56.7 Å². The quantitative estimate of drug-likeness (QED) is 0.702. The maximum atomic E-state index is 6.00. The van der Waals surface area contributed by atoms with Gasteiger partial charge in [0.05, 0.1) is 0 Å². The van der Waals surface area contributed by atoms with Crippen molar-refractivity contribution < 1.29 is 0 Å². The summed E-state index contributed by atoms with van der Waals surface area (Å²) in [7, 11) is 0. The van der Waals surface area contributed by atoms with Crippen molar-refractivity contribution in [3.8, 4) is 0 Å². The zero-order valence-electron chi connectivity index (χ0n) is 13.6. The molecule has 0 spiro atoms. The molecule has 5 nitrogen and oxygen atoms in total. The van der Waals surface area contributed by atoms with Gasteiger partial charge in [-0.25, -0.2) is 4.98 Å². The van der Waals surface area contributed by atoms with Crippen molar-refractivity contribution in [3.63, 3.8) is 0 Å². The third-order valence-electron chi connectivity index (χ3n) is 3.85. The molecule has 1 aliphatic heterocycles. The van der Waals surface area contributed by atoms with Crippen molar-refractivity contribution in [3.05, 3.63) is 28.0 Å². The fourth-order valence-electron chi connectivity index (χ4n) is 2.69. The molecule has 130 valence electrons. The van der Waals surface area contributed by atoms with Gasteiger partial charge in [-0.2, -0.15) is 0 Å². The van der Waals surface area contributed by atoms with Crippen molar-refractivity contribution in [2.24, 2.45) is 0 Å². The Balaban J connectivity index is 1.87. The summed E-state index contributed by atoms with van der Waals surface area (Å²) in [6.07, 6.45) is 2.29. The summed E-state index contributed by atoms with van der Waals surface area (Å²) in [6, 6.07) is 3.80. The monoisotopic (exact) mass is 359 g/mol. The second kappa shape index (κ2) is 11.2. The number of halogens is 2. The molecule has 1 fully saturated rings. The minimum atomic E-state index is 0.460. The standard InChI is InChI=1S/C16H27Cl2N5/c17-15-11-14(12-16(18)22-15)13-23-9-2-5-20-7-6-19-3-1-4-21-8-10-23/h11-12,19-21H,1-10,13H2. The molecule has 23 heavy (non-hydrogen) atoms. The molecule has 0 atom stereocenters. The van der Waals surface area contributed by atoms with Gasteiger partial charge in [0.25, 0.3) is 0 Å². The van der Waals surface area contributed by atoms with E-state index in [0.29, 0.717) is 10.3 Å². The van der Waals surface area contributed by atoms with Crippen LogP contribution in [-0.2, 0) is 6.54 Å². The van der Waals surface area contributed by atoms with E-state index in [1.54, 1.807) is 0 Å². The molecule has 0 aliphatic carbocycles. The molecule has 0 aromatic carbocycles. The third kappa shape index (κ3) is 8.29. The first-order chi connectivity index (χ1) is 11.2. The van der Waals surface area contributed by atoms with Gasteiger partial charge in [0, 0.05) is 32.7 Å². The van der Waals surface area contributed by atoms with Crippen LogP contribution in [0.1, 0.15) is 18.4 Å². The molecule has 2 rings (SSSR count). The minimum Gasteiger partial charge on any atom is -0.315 e. The Kier molecular flexibility index (Phi) is 9.19. The molecule has 0 bridgehead atoms. The average molecular weight is 360 g/mol. The number of nitrogens with zero attached hydrogens (tertiary/aromatic N) is 2. The Hall–Kier alpha value is -0.430. The lowest BCUT2D eigenvalue weighted by Gasteiger charge is -2.23. The van der Waals surface area contributed by atoms with E-state index in [1.807, 2.05) is 12.1 Å². The van der Waals surface area contributed by atoms with E-state index in [-0.39, 0.29) is 0 Å². The van der Waals surface area contributed by atoms with Crippen LogP contribution in [0, 0.1) is 0 Å². The molecule has 1 aromatic rings. The maximum absolute atomic E-state index is 6.00. The van der Waals surface area contributed by atoms with Crippen LogP contribution in [0.2, 0.25) is 10.3 Å². The first-order valence-electron chi connectivity index (χ1n) is 8.40. The Morgan fingerprint density at radius 1 is 0.826 bits per heavy atom. The molecule has 0 saturated carbocycles. The SMILES string of the molecule is Clc1cc(CN2CCCNCCNCCCNCC2)cc(Cl)n1. The number of nitrogens with one attached hydrogen (secondary N) is 3. The molecule has 0 amide bonds. The number of rotatable bonds is 2. The summed E-state index contributed by atoms with van der Waals surface area (Å²) >= 11 is 12.0. The predicted octanol–water partition coefficient (Wildman–Crippen LogP) is 1.75. The highest BCUT2D eigenvalue weighted by atomic mass is 35.5. The number of hydrogen-bond acceptors (Lipinski definition) is 5.